The van der Waals surface area contributed by atoms with Gasteiger partial charge in [-0.3, -0.25) is 15.0 Å². The Morgan fingerprint density at radius 1 is 1.07 bits per heavy atom. The Hall–Kier alpha value is -2.91. The number of benzene rings is 2. The fourth-order valence-electron chi connectivity index (χ4n) is 3.66. The van der Waals surface area contributed by atoms with Crippen LogP contribution in [-0.4, -0.2) is 33.0 Å². The average molecular weight is 429 g/mol. The average Bonchev–Trinajstić information content (AvgIpc) is 3.36. The van der Waals surface area contributed by atoms with E-state index in [1.54, 1.807) is 36.4 Å². The van der Waals surface area contributed by atoms with Crippen molar-refractivity contribution in [2.24, 2.45) is 0 Å². The van der Waals surface area contributed by atoms with Crippen molar-refractivity contribution in [3.8, 4) is 5.75 Å². The number of ether oxygens (including phenoxy) is 1. The van der Waals surface area contributed by atoms with Crippen LogP contribution >= 0.6 is 0 Å². The molecule has 2 aliphatic rings. The van der Waals surface area contributed by atoms with Crippen LogP contribution in [0.2, 0.25) is 0 Å². The smallest absolute Gasteiger partial charge is 0.329 e. The lowest BCUT2D eigenvalue weighted by atomic mass is 10.2. The molecule has 3 amide bonds. The summed E-state index contributed by atoms with van der Waals surface area (Å²) in [4.78, 5) is 24.7. The molecule has 0 spiro atoms. The van der Waals surface area contributed by atoms with Gasteiger partial charge in [-0.05, 0) is 55.5 Å². The third-order valence-corrected chi connectivity index (χ3v) is 6.60. The van der Waals surface area contributed by atoms with E-state index in [4.69, 9.17) is 4.74 Å². The number of carbonyl (C=O) groups is 2. The molecule has 2 aromatic carbocycles. The Morgan fingerprint density at radius 3 is 2.57 bits per heavy atom. The van der Waals surface area contributed by atoms with Crippen molar-refractivity contribution >= 4 is 27.6 Å². The van der Waals surface area contributed by atoms with Crippen molar-refractivity contribution in [2.45, 2.75) is 43.2 Å². The fourth-order valence-corrected chi connectivity index (χ4v) is 4.71. The highest BCUT2D eigenvalue weighted by atomic mass is 32.2. The van der Waals surface area contributed by atoms with Crippen LogP contribution in [0.3, 0.4) is 0 Å². The van der Waals surface area contributed by atoms with Crippen molar-refractivity contribution < 1.29 is 22.7 Å². The maximum absolute atomic E-state index is 12.7. The van der Waals surface area contributed by atoms with Crippen molar-refractivity contribution in [2.75, 3.05) is 11.4 Å². The summed E-state index contributed by atoms with van der Waals surface area (Å²) in [5.74, 6) is 0.183. The molecule has 9 heteroatoms. The molecule has 158 valence electrons. The molecular weight excluding hydrogens is 406 g/mol. The number of imide groups is 1. The molecule has 2 fully saturated rings. The predicted molar refractivity (Wildman–Crippen MR) is 111 cm³/mol. The van der Waals surface area contributed by atoms with Crippen LogP contribution in [-0.2, 0) is 21.4 Å². The summed E-state index contributed by atoms with van der Waals surface area (Å²) in [6.45, 7) is -0.00487. The summed E-state index contributed by atoms with van der Waals surface area (Å²) < 4.78 is 34.0. The van der Waals surface area contributed by atoms with Gasteiger partial charge in [0.1, 0.15) is 12.3 Å². The Morgan fingerprint density at radius 2 is 1.83 bits per heavy atom. The zero-order valence-corrected chi connectivity index (χ0v) is 17.2. The summed E-state index contributed by atoms with van der Waals surface area (Å²) in [6.07, 6.45) is 4.40. The van der Waals surface area contributed by atoms with Gasteiger partial charge in [0, 0.05) is 18.3 Å². The molecule has 2 aromatic rings. The van der Waals surface area contributed by atoms with Gasteiger partial charge in [-0.2, -0.15) is 0 Å². The molecule has 2 N–H and O–H groups in total. The minimum Gasteiger partial charge on any atom is -0.490 e. The third kappa shape index (κ3) is 4.63. The van der Waals surface area contributed by atoms with E-state index in [1.165, 1.54) is 17.0 Å². The number of nitrogens with zero attached hydrogens (tertiary/aromatic N) is 1. The van der Waals surface area contributed by atoms with E-state index in [2.05, 4.69) is 10.0 Å². The molecule has 0 bridgehead atoms. The Labute approximate surface area is 175 Å². The highest BCUT2D eigenvalue weighted by Crippen LogP contribution is 2.26. The van der Waals surface area contributed by atoms with Crippen molar-refractivity contribution in [3.63, 3.8) is 0 Å². The molecule has 1 aliphatic heterocycles. The van der Waals surface area contributed by atoms with Crippen LogP contribution in [0.4, 0.5) is 10.5 Å². The third-order valence-electron chi connectivity index (χ3n) is 5.20. The number of hydrogen-bond donors (Lipinski definition) is 2. The lowest BCUT2D eigenvalue weighted by Crippen LogP contribution is -2.28. The van der Waals surface area contributed by atoms with Crippen LogP contribution in [0.25, 0.3) is 0 Å². The lowest BCUT2D eigenvalue weighted by Gasteiger charge is -2.15. The molecule has 1 aliphatic carbocycles. The van der Waals surface area contributed by atoms with E-state index in [-0.39, 0.29) is 30.0 Å². The first-order valence-electron chi connectivity index (χ1n) is 9.87. The van der Waals surface area contributed by atoms with E-state index in [0.717, 1.165) is 25.7 Å². The SMILES string of the molecule is O=C1CN(c2cccc(CNS(=O)(=O)c3cccc(OC4CCCC4)c3)c2)C(=O)N1. The molecular formula is C21H23N3O5S. The number of nitrogens with one attached hydrogen (secondary N) is 2. The molecule has 0 radical (unpaired) electrons. The largest absolute Gasteiger partial charge is 0.490 e. The molecule has 8 nitrogen and oxygen atoms in total. The quantitative estimate of drug-likeness (QED) is 0.658. The molecule has 1 saturated heterocycles. The number of hydrogen-bond acceptors (Lipinski definition) is 5. The minimum absolute atomic E-state index is 0.0489. The normalized spacial score (nSPS) is 17.4. The number of anilines is 1. The van der Waals surface area contributed by atoms with E-state index < -0.39 is 16.1 Å². The van der Waals surface area contributed by atoms with Crippen molar-refractivity contribution in [3.05, 3.63) is 54.1 Å². The van der Waals surface area contributed by atoms with Gasteiger partial charge in [0.25, 0.3) is 0 Å². The van der Waals surface area contributed by atoms with Crippen LogP contribution in [0.5, 0.6) is 5.75 Å². The standard InChI is InChI=1S/C21H23N3O5S/c25-20-14-24(21(26)23-20)16-6-3-5-15(11-16)13-22-30(27,28)19-10-4-9-18(12-19)29-17-7-1-2-8-17/h3-6,9-12,17,22H,1-2,7-8,13-14H2,(H,23,25,26). The highest BCUT2D eigenvalue weighted by molar-refractivity contribution is 7.89. The minimum atomic E-state index is -3.74. The monoisotopic (exact) mass is 429 g/mol. The molecule has 30 heavy (non-hydrogen) atoms. The second-order valence-corrected chi connectivity index (χ2v) is 9.20. The van der Waals surface area contributed by atoms with Crippen LogP contribution in [0.15, 0.2) is 53.4 Å². The van der Waals surface area contributed by atoms with Gasteiger partial charge < -0.3 is 4.74 Å². The first-order chi connectivity index (χ1) is 14.4. The molecule has 4 rings (SSSR count). The van der Waals surface area contributed by atoms with Gasteiger partial charge in [-0.25, -0.2) is 17.9 Å². The van der Waals surface area contributed by atoms with E-state index in [0.29, 0.717) is 17.0 Å². The first kappa shape index (κ1) is 20.4. The highest BCUT2D eigenvalue weighted by Gasteiger charge is 2.28. The number of amides is 3. The van der Waals surface area contributed by atoms with Gasteiger partial charge >= 0.3 is 6.03 Å². The van der Waals surface area contributed by atoms with E-state index >= 15 is 0 Å². The topological polar surface area (TPSA) is 105 Å². The molecule has 0 unspecified atom stereocenters. The molecule has 1 saturated carbocycles. The maximum atomic E-state index is 12.7. The summed E-state index contributed by atoms with van der Waals surface area (Å²) in [7, 11) is -3.74. The Bertz CT molecular complexity index is 1060. The van der Waals surface area contributed by atoms with Crippen molar-refractivity contribution in [1.82, 2.24) is 10.0 Å². The van der Waals surface area contributed by atoms with Gasteiger partial charge in [0.2, 0.25) is 15.9 Å². The predicted octanol–water partition coefficient (Wildman–Crippen LogP) is 2.54. The number of rotatable bonds is 7. The number of sulfonamides is 1. The molecule has 0 atom stereocenters. The first-order valence-corrected chi connectivity index (χ1v) is 11.4. The van der Waals surface area contributed by atoms with Crippen molar-refractivity contribution in [1.29, 1.82) is 0 Å². The second kappa shape index (κ2) is 8.45. The van der Waals surface area contributed by atoms with Crippen LogP contribution < -0.4 is 19.7 Å². The summed E-state index contributed by atoms with van der Waals surface area (Å²) in [5, 5.41) is 2.22. The Balaban J connectivity index is 1.44. The lowest BCUT2D eigenvalue weighted by molar-refractivity contribution is -0.117. The molecule has 0 aromatic heterocycles. The van der Waals surface area contributed by atoms with Gasteiger partial charge in [0.05, 0.1) is 11.0 Å². The Kier molecular flexibility index (Phi) is 5.74. The zero-order chi connectivity index (χ0) is 21.1. The van der Waals surface area contributed by atoms with E-state index in [1.807, 2.05) is 0 Å². The van der Waals surface area contributed by atoms with Crippen LogP contribution in [0, 0.1) is 0 Å². The van der Waals surface area contributed by atoms with Gasteiger partial charge in [0.15, 0.2) is 0 Å². The summed E-state index contributed by atoms with van der Waals surface area (Å²) in [5.41, 5.74) is 1.20. The molecule has 1 heterocycles. The van der Waals surface area contributed by atoms with Crippen LogP contribution in [0.1, 0.15) is 31.2 Å². The van der Waals surface area contributed by atoms with Gasteiger partial charge in [-0.1, -0.05) is 18.2 Å². The number of urea groups is 1. The number of carbonyl (C=O) groups excluding carboxylic acids is 2. The van der Waals surface area contributed by atoms with Gasteiger partial charge in [-0.15, -0.1) is 0 Å². The van der Waals surface area contributed by atoms with E-state index in [9.17, 15) is 18.0 Å². The summed E-state index contributed by atoms with van der Waals surface area (Å²) >= 11 is 0. The second-order valence-electron chi connectivity index (χ2n) is 7.43. The maximum Gasteiger partial charge on any atom is 0.329 e. The zero-order valence-electron chi connectivity index (χ0n) is 16.3. The fraction of sp³-hybridized carbons (Fsp3) is 0.333. The summed E-state index contributed by atoms with van der Waals surface area (Å²) in [6, 6.07) is 12.9.